The van der Waals surface area contributed by atoms with Crippen LogP contribution >= 0.6 is 0 Å². The van der Waals surface area contributed by atoms with Crippen molar-refractivity contribution in [1.82, 2.24) is 4.90 Å². The molecule has 2 unspecified atom stereocenters. The van der Waals surface area contributed by atoms with Crippen LogP contribution in [-0.4, -0.2) is 46.2 Å². The van der Waals surface area contributed by atoms with Gasteiger partial charge < -0.3 is 10.6 Å². The van der Waals surface area contributed by atoms with Crippen LogP contribution in [0.3, 0.4) is 0 Å². The minimum Gasteiger partial charge on any atom is -0.343 e. The van der Waals surface area contributed by atoms with Gasteiger partial charge in [0.25, 0.3) is 0 Å². The van der Waals surface area contributed by atoms with Crippen LogP contribution in [0.2, 0.25) is 0 Å². The molecule has 0 saturated heterocycles. The molecule has 0 radical (unpaired) electrons. The highest BCUT2D eigenvalue weighted by Gasteiger charge is 2.16. The van der Waals surface area contributed by atoms with E-state index in [1.807, 2.05) is 20.8 Å². The highest BCUT2D eigenvalue weighted by atomic mass is 32.2. The molecule has 0 aliphatic carbocycles. The van der Waals surface area contributed by atoms with Crippen LogP contribution in [0.1, 0.15) is 20.8 Å². The Morgan fingerprint density at radius 3 is 2.33 bits per heavy atom. The molecule has 5 heteroatoms. The molecule has 0 aromatic heterocycles. The summed E-state index contributed by atoms with van der Waals surface area (Å²) in [4.78, 5) is 13.2. The molecule has 0 saturated carbocycles. The molecule has 0 rings (SSSR count). The summed E-state index contributed by atoms with van der Waals surface area (Å²) in [5, 5.41) is 0. The van der Waals surface area contributed by atoms with Crippen LogP contribution in [0.25, 0.3) is 0 Å². The van der Waals surface area contributed by atoms with Gasteiger partial charge in [0.05, 0.1) is 0 Å². The predicted octanol–water partition coefficient (Wildman–Crippen LogP) is 0.197. The summed E-state index contributed by atoms with van der Waals surface area (Å²) in [5.74, 6) is 0.767. The number of nitrogens with two attached hydrogens (primary N) is 1. The zero-order chi connectivity index (χ0) is 12.0. The highest BCUT2D eigenvalue weighted by Crippen LogP contribution is 2.00. The van der Waals surface area contributed by atoms with E-state index in [9.17, 15) is 9.00 Å². The number of hydrogen-bond donors (Lipinski definition) is 1. The molecular weight excluding hydrogens is 212 g/mol. The molecule has 90 valence electrons. The van der Waals surface area contributed by atoms with Gasteiger partial charge in [0.15, 0.2) is 0 Å². The van der Waals surface area contributed by atoms with Gasteiger partial charge in [-0.1, -0.05) is 6.92 Å². The lowest BCUT2D eigenvalue weighted by Gasteiger charge is -2.21. The summed E-state index contributed by atoms with van der Waals surface area (Å²) in [6.07, 6.45) is 0. The van der Waals surface area contributed by atoms with Gasteiger partial charge in [-0.05, 0) is 26.3 Å². The number of carbonyl (C=O) groups excluding carboxylic acids is 1. The van der Waals surface area contributed by atoms with Gasteiger partial charge in [-0.15, -0.1) is 0 Å². The van der Waals surface area contributed by atoms with Gasteiger partial charge in [0, 0.05) is 29.6 Å². The van der Waals surface area contributed by atoms with Gasteiger partial charge >= 0.3 is 0 Å². The molecule has 1 amide bonds. The Balaban J connectivity index is 4.02. The Labute approximate surface area is 94.7 Å². The molecule has 0 bridgehead atoms. The average molecular weight is 234 g/mol. The fraction of sp³-hybridized carbons (Fsp3) is 0.900. The second-order valence-electron chi connectivity index (χ2n) is 4.19. The number of carbonyl (C=O) groups is 1. The van der Waals surface area contributed by atoms with E-state index in [0.717, 1.165) is 0 Å². The predicted molar refractivity (Wildman–Crippen MR) is 64.0 cm³/mol. The second-order valence-corrected chi connectivity index (χ2v) is 5.69. The van der Waals surface area contributed by atoms with E-state index in [0.29, 0.717) is 12.3 Å². The molecule has 15 heavy (non-hydrogen) atoms. The molecule has 0 aliphatic rings. The Morgan fingerprint density at radius 2 is 1.93 bits per heavy atom. The van der Waals surface area contributed by atoms with Crippen molar-refractivity contribution >= 4 is 16.7 Å². The van der Waals surface area contributed by atoms with Crippen LogP contribution in [-0.2, 0) is 15.6 Å². The van der Waals surface area contributed by atoms with E-state index in [4.69, 9.17) is 5.73 Å². The fourth-order valence-corrected chi connectivity index (χ4v) is 2.34. The maximum Gasteiger partial charge on any atom is 0.235 e. The SMILES string of the molecule is CC(CN)CS(=O)CC(=O)N(C)C(C)C. The molecule has 0 aliphatic heterocycles. The Bertz CT molecular complexity index is 231. The molecule has 4 nitrogen and oxygen atoms in total. The molecular formula is C10H22N2O2S. The lowest BCUT2D eigenvalue weighted by molar-refractivity contribution is -0.128. The van der Waals surface area contributed by atoms with Crippen LogP contribution in [0.4, 0.5) is 0 Å². The third-order valence-corrected chi connectivity index (χ3v) is 3.83. The maximum absolute atomic E-state index is 11.6. The van der Waals surface area contributed by atoms with Crippen LogP contribution in [0.5, 0.6) is 0 Å². The summed E-state index contributed by atoms with van der Waals surface area (Å²) in [6, 6.07) is 0.154. The van der Waals surface area contributed by atoms with Crippen molar-refractivity contribution in [3.05, 3.63) is 0 Å². The Kier molecular flexibility index (Phi) is 6.76. The van der Waals surface area contributed by atoms with Crippen LogP contribution < -0.4 is 5.73 Å². The van der Waals surface area contributed by atoms with E-state index in [1.165, 1.54) is 0 Å². The highest BCUT2D eigenvalue weighted by molar-refractivity contribution is 7.85. The first kappa shape index (κ1) is 14.6. The van der Waals surface area contributed by atoms with Crippen molar-refractivity contribution in [2.45, 2.75) is 26.8 Å². The minimum absolute atomic E-state index is 0.0624. The lowest BCUT2D eigenvalue weighted by Crippen LogP contribution is -2.37. The normalized spacial score (nSPS) is 15.1. The van der Waals surface area contributed by atoms with Crippen molar-refractivity contribution in [2.24, 2.45) is 11.7 Å². The van der Waals surface area contributed by atoms with Crippen molar-refractivity contribution in [2.75, 3.05) is 25.1 Å². The minimum atomic E-state index is -1.09. The molecule has 2 N–H and O–H groups in total. The van der Waals surface area contributed by atoms with Crippen molar-refractivity contribution in [3.63, 3.8) is 0 Å². The summed E-state index contributed by atoms with van der Waals surface area (Å²) in [5.41, 5.74) is 5.43. The van der Waals surface area contributed by atoms with Crippen molar-refractivity contribution in [3.8, 4) is 0 Å². The zero-order valence-corrected chi connectivity index (χ0v) is 10.8. The van der Waals surface area contributed by atoms with Crippen molar-refractivity contribution in [1.29, 1.82) is 0 Å². The van der Waals surface area contributed by atoms with Crippen LogP contribution in [0, 0.1) is 5.92 Å². The first-order chi connectivity index (χ1) is 6.88. The largest absolute Gasteiger partial charge is 0.343 e. The molecule has 0 heterocycles. The molecule has 0 spiro atoms. The van der Waals surface area contributed by atoms with E-state index in [2.05, 4.69) is 0 Å². The van der Waals surface area contributed by atoms with E-state index in [1.54, 1.807) is 11.9 Å². The van der Waals surface area contributed by atoms with Gasteiger partial charge in [0.2, 0.25) is 5.91 Å². The average Bonchev–Trinajstić information content (AvgIpc) is 2.15. The molecule has 0 aromatic carbocycles. The topological polar surface area (TPSA) is 63.4 Å². The van der Waals surface area contributed by atoms with Gasteiger partial charge in [0.1, 0.15) is 5.75 Å². The summed E-state index contributed by atoms with van der Waals surface area (Å²) in [6.45, 7) is 6.32. The second kappa shape index (κ2) is 6.95. The summed E-state index contributed by atoms with van der Waals surface area (Å²) >= 11 is 0. The van der Waals surface area contributed by atoms with Crippen molar-refractivity contribution < 1.29 is 9.00 Å². The van der Waals surface area contributed by atoms with E-state index < -0.39 is 10.8 Å². The third kappa shape index (κ3) is 5.89. The van der Waals surface area contributed by atoms with E-state index in [-0.39, 0.29) is 23.6 Å². The van der Waals surface area contributed by atoms with Gasteiger partial charge in [-0.25, -0.2) is 0 Å². The summed E-state index contributed by atoms with van der Waals surface area (Å²) < 4.78 is 11.6. The molecule has 2 atom stereocenters. The molecule has 0 fully saturated rings. The smallest absolute Gasteiger partial charge is 0.235 e. The zero-order valence-electron chi connectivity index (χ0n) is 10.0. The van der Waals surface area contributed by atoms with E-state index >= 15 is 0 Å². The molecule has 0 aromatic rings. The Morgan fingerprint density at radius 1 is 1.40 bits per heavy atom. The number of rotatable bonds is 6. The van der Waals surface area contributed by atoms with Crippen LogP contribution in [0.15, 0.2) is 0 Å². The fourth-order valence-electron chi connectivity index (χ4n) is 0.972. The number of hydrogen-bond acceptors (Lipinski definition) is 3. The third-order valence-electron chi connectivity index (χ3n) is 2.33. The first-order valence-electron chi connectivity index (χ1n) is 5.19. The quantitative estimate of drug-likeness (QED) is 0.714. The number of nitrogens with zero attached hydrogens (tertiary/aromatic N) is 1. The first-order valence-corrected chi connectivity index (χ1v) is 6.68. The summed E-state index contributed by atoms with van der Waals surface area (Å²) in [7, 11) is 0.644. The lowest BCUT2D eigenvalue weighted by atomic mass is 10.2. The van der Waals surface area contributed by atoms with Gasteiger partial charge in [-0.2, -0.15) is 0 Å². The number of amides is 1. The standard InChI is InChI=1S/C10H22N2O2S/c1-8(2)12(4)10(13)7-15(14)6-9(3)5-11/h8-9H,5-7,11H2,1-4H3. The maximum atomic E-state index is 11.6. The van der Waals surface area contributed by atoms with Gasteiger partial charge in [-0.3, -0.25) is 9.00 Å². The monoisotopic (exact) mass is 234 g/mol. The Hall–Kier alpha value is -0.420.